The van der Waals surface area contributed by atoms with Crippen LogP contribution in [0.1, 0.15) is 26.7 Å². The molecule has 0 saturated heterocycles. The fourth-order valence-electron chi connectivity index (χ4n) is 2.10. The molecule has 2 unspecified atom stereocenters. The molecule has 1 aliphatic rings. The van der Waals surface area contributed by atoms with Gasteiger partial charge in [0, 0.05) is 13.0 Å². The summed E-state index contributed by atoms with van der Waals surface area (Å²) in [6.07, 6.45) is 6.43. The summed E-state index contributed by atoms with van der Waals surface area (Å²) in [5.74, 6) is 0.456. The molecule has 1 rings (SSSR count). The van der Waals surface area contributed by atoms with Crippen LogP contribution in [0.4, 0.5) is 0 Å². The Morgan fingerprint density at radius 3 is 2.50 bits per heavy atom. The molecule has 0 bridgehead atoms. The van der Waals surface area contributed by atoms with Gasteiger partial charge in [-0.1, -0.05) is 13.8 Å². The highest BCUT2D eigenvalue weighted by atomic mass is 16.4. The van der Waals surface area contributed by atoms with Crippen molar-refractivity contribution in [2.45, 2.75) is 26.7 Å². The number of rotatable bonds is 5. The molecule has 16 heavy (non-hydrogen) atoms. The normalized spacial score (nSPS) is 25.6. The molecule has 1 saturated carbocycles. The number of carboxylic acid groups (broad SMARTS) is 1. The molecule has 4 heteroatoms. The zero-order valence-corrected chi connectivity index (χ0v) is 9.62. The van der Waals surface area contributed by atoms with E-state index in [1.165, 1.54) is 0 Å². The van der Waals surface area contributed by atoms with Gasteiger partial charge in [-0.25, -0.2) is 0 Å². The lowest BCUT2D eigenvalue weighted by atomic mass is 10.1. The third-order valence-electron chi connectivity index (χ3n) is 3.17. The molecule has 0 aliphatic heterocycles. The monoisotopic (exact) mass is 223 g/mol. The van der Waals surface area contributed by atoms with Crippen LogP contribution in [0.5, 0.6) is 0 Å². The van der Waals surface area contributed by atoms with Crippen LogP contribution in [0.3, 0.4) is 0 Å². The van der Waals surface area contributed by atoms with E-state index in [9.17, 15) is 9.59 Å². The maximum Gasteiger partial charge on any atom is 0.307 e. The van der Waals surface area contributed by atoms with E-state index < -0.39 is 23.2 Å². The Hall–Kier alpha value is -1.50. The molecule has 0 spiro atoms. The second-order valence-corrected chi connectivity index (χ2v) is 4.71. The van der Waals surface area contributed by atoms with Crippen LogP contribution in [0.15, 0.2) is 0 Å². The first kappa shape index (κ1) is 12.6. The van der Waals surface area contributed by atoms with Gasteiger partial charge in [0.1, 0.15) is 0 Å². The summed E-state index contributed by atoms with van der Waals surface area (Å²) >= 11 is 0. The predicted octanol–water partition coefficient (Wildman–Crippen LogP) is 0.873. The summed E-state index contributed by atoms with van der Waals surface area (Å²) in [6.45, 7) is 4.12. The summed E-state index contributed by atoms with van der Waals surface area (Å²) < 4.78 is 0. The van der Waals surface area contributed by atoms with E-state index in [1.807, 2.05) is 0 Å². The maximum absolute atomic E-state index is 11.7. The number of amides is 1. The van der Waals surface area contributed by atoms with Crippen molar-refractivity contribution >= 4 is 11.9 Å². The van der Waals surface area contributed by atoms with E-state index in [2.05, 4.69) is 11.2 Å². The van der Waals surface area contributed by atoms with Crippen molar-refractivity contribution in [3.8, 4) is 12.3 Å². The number of unbranched alkanes of at least 4 members (excludes halogenated alkanes) is 1. The van der Waals surface area contributed by atoms with Gasteiger partial charge >= 0.3 is 5.97 Å². The van der Waals surface area contributed by atoms with E-state index in [0.29, 0.717) is 13.0 Å². The van der Waals surface area contributed by atoms with E-state index in [1.54, 1.807) is 13.8 Å². The van der Waals surface area contributed by atoms with E-state index in [4.69, 9.17) is 11.5 Å². The maximum atomic E-state index is 11.7. The average Bonchev–Trinajstić information content (AvgIpc) is 2.76. The lowest BCUT2D eigenvalue weighted by Crippen LogP contribution is -2.28. The molecule has 0 heterocycles. The lowest BCUT2D eigenvalue weighted by molar-refractivity contribution is -0.140. The largest absolute Gasteiger partial charge is 0.481 e. The minimum atomic E-state index is -0.895. The first-order chi connectivity index (χ1) is 7.42. The second kappa shape index (κ2) is 4.56. The molecular formula is C12H17NO3. The second-order valence-electron chi connectivity index (χ2n) is 4.71. The first-order valence-corrected chi connectivity index (χ1v) is 5.37. The summed E-state index contributed by atoms with van der Waals surface area (Å²) in [4.78, 5) is 22.5. The molecule has 1 fully saturated rings. The molecule has 2 N–H and O–H groups in total. The number of aliphatic carboxylic acids is 1. The van der Waals surface area contributed by atoms with Crippen LogP contribution < -0.4 is 5.32 Å². The zero-order valence-electron chi connectivity index (χ0n) is 9.62. The fourth-order valence-corrected chi connectivity index (χ4v) is 2.10. The van der Waals surface area contributed by atoms with Crippen LogP contribution >= 0.6 is 0 Å². The molecule has 4 nitrogen and oxygen atoms in total. The SMILES string of the molecule is C#CCCCNC(=O)C1C(C(=O)O)C1(C)C. The van der Waals surface area contributed by atoms with E-state index >= 15 is 0 Å². The van der Waals surface area contributed by atoms with Gasteiger partial charge in [-0.2, -0.15) is 0 Å². The number of nitrogens with one attached hydrogen (secondary N) is 1. The van der Waals surface area contributed by atoms with Crippen LogP contribution in [0.2, 0.25) is 0 Å². The van der Waals surface area contributed by atoms with Crippen LogP contribution in [-0.2, 0) is 9.59 Å². The highest BCUT2D eigenvalue weighted by molar-refractivity contribution is 5.91. The van der Waals surface area contributed by atoms with Gasteiger partial charge in [-0.05, 0) is 11.8 Å². The van der Waals surface area contributed by atoms with Gasteiger partial charge in [0.15, 0.2) is 0 Å². The van der Waals surface area contributed by atoms with Crippen molar-refractivity contribution in [2.75, 3.05) is 6.54 Å². The quantitative estimate of drug-likeness (QED) is 0.537. The van der Waals surface area contributed by atoms with Crippen molar-refractivity contribution in [2.24, 2.45) is 17.3 Å². The summed E-state index contributed by atoms with van der Waals surface area (Å²) in [5, 5.41) is 11.6. The van der Waals surface area contributed by atoms with Crippen molar-refractivity contribution in [1.29, 1.82) is 0 Å². The predicted molar refractivity (Wildman–Crippen MR) is 59.5 cm³/mol. The summed E-state index contributed by atoms with van der Waals surface area (Å²) in [6, 6.07) is 0. The first-order valence-electron chi connectivity index (χ1n) is 5.37. The van der Waals surface area contributed by atoms with Gasteiger partial charge < -0.3 is 10.4 Å². The Morgan fingerprint density at radius 1 is 1.44 bits per heavy atom. The van der Waals surface area contributed by atoms with Crippen molar-refractivity contribution in [1.82, 2.24) is 5.32 Å². The number of carbonyl (C=O) groups excluding carboxylic acids is 1. The molecule has 0 aromatic carbocycles. The molecule has 0 aromatic heterocycles. The number of hydrogen-bond acceptors (Lipinski definition) is 2. The summed E-state index contributed by atoms with van der Waals surface area (Å²) in [5.41, 5.74) is -0.429. The fraction of sp³-hybridized carbons (Fsp3) is 0.667. The van der Waals surface area contributed by atoms with Crippen LogP contribution in [-0.4, -0.2) is 23.5 Å². The zero-order chi connectivity index (χ0) is 12.3. The Bertz CT molecular complexity index is 341. The highest BCUT2D eigenvalue weighted by Gasteiger charge is 2.65. The minimum absolute atomic E-state index is 0.172. The Labute approximate surface area is 95.4 Å². The topological polar surface area (TPSA) is 66.4 Å². The third kappa shape index (κ3) is 2.35. The summed E-state index contributed by atoms with van der Waals surface area (Å²) in [7, 11) is 0. The number of hydrogen-bond donors (Lipinski definition) is 2. The minimum Gasteiger partial charge on any atom is -0.481 e. The van der Waals surface area contributed by atoms with Crippen LogP contribution in [0, 0.1) is 29.6 Å². The number of carbonyl (C=O) groups is 2. The van der Waals surface area contributed by atoms with Crippen LogP contribution in [0.25, 0.3) is 0 Å². The lowest BCUT2D eigenvalue weighted by Gasteiger charge is -2.04. The van der Waals surface area contributed by atoms with Gasteiger partial charge in [0.05, 0.1) is 11.8 Å². The van der Waals surface area contributed by atoms with Gasteiger partial charge in [-0.15, -0.1) is 12.3 Å². The molecule has 2 atom stereocenters. The standard InChI is InChI=1S/C12H17NO3/c1-4-5-6-7-13-10(14)8-9(11(15)16)12(8,2)3/h1,8-9H,5-7H2,2-3H3,(H,13,14)(H,15,16). The van der Waals surface area contributed by atoms with Gasteiger partial charge in [0.25, 0.3) is 0 Å². The van der Waals surface area contributed by atoms with Crippen molar-refractivity contribution in [3.05, 3.63) is 0 Å². The molecule has 88 valence electrons. The smallest absolute Gasteiger partial charge is 0.307 e. The van der Waals surface area contributed by atoms with Crippen molar-refractivity contribution < 1.29 is 14.7 Å². The Kier molecular flexibility index (Phi) is 3.58. The molecular weight excluding hydrogens is 206 g/mol. The highest BCUT2D eigenvalue weighted by Crippen LogP contribution is 2.58. The van der Waals surface area contributed by atoms with E-state index in [0.717, 1.165) is 6.42 Å². The van der Waals surface area contributed by atoms with Crippen molar-refractivity contribution in [3.63, 3.8) is 0 Å². The van der Waals surface area contributed by atoms with Gasteiger partial charge in [-0.3, -0.25) is 9.59 Å². The number of terminal acetylenes is 1. The molecule has 0 aromatic rings. The Morgan fingerprint density at radius 2 is 2.06 bits per heavy atom. The van der Waals surface area contributed by atoms with Gasteiger partial charge in [0.2, 0.25) is 5.91 Å². The van der Waals surface area contributed by atoms with E-state index in [-0.39, 0.29) is 5.91 Å². The molecule has 0 radical (unpaired) electrons. The third-order valence-corrected chi connectivity index (χ3v) is 3.17. The number of carboxylic acids is 1. The Balaban J connectivity index is 2.40. The molecule has 1 aliphatic carbocycles. The average molecular weight is 223 g/mol. The molecule has 1 amide bonds.